The predicted octanol–water partition coefficient (Wildman–Crippen LogP) is 2.62. The Bertz CT molecular complexity index is 1240. The van der Waals surface area contributed by atoms with E-state index >= 15 is 0 Å². The third kappa shape index (κ3) is 6.13. The number of amides is 1. The predicted molar refractivity (Wildman–Crippen MR) is 124 cm³/mol. The summed E-state index contributed by atoms with van der Waals surface area (Å²) >= 11 is 0. The SMILES string of the molecule is O=C(Nc1ccn(C[C@@H](O)CO)n1)[C@@H](CC1CCCC1)n1ncc(Oc2c(F)cccc2F)cc1=O. The van der Waals surface area contributed by atoms with E-state index in [0.717, 1.165) is 54.8 Å². The number of carbonyl (C=O) groups excluding carboxylic acids is 1. The number of ether oxygens (including phenoxy) is 1. The first-order valence-electron chi connectivity index (χ1n) is 11.7. The highest BCUT2D eigenvalue weighted by Gasteiger charge is 2.29. The maximum Gasteiger partial charge on any atom is 0.271 e. The zero-order chi connectivity index (χ0) is 25.7. The molecule has 0 spiro atoms. The molecule has 0 radical (unpaired) electrons. The Balaban J connectivity index is 1.55. The molecule has 10 nitrogen and oxygen atoms in total. The van der Waals surface area contributed by atoms with E-state index in [0.29, 0.717) is 6.42 Å². The molecule has 0 unspecified atom stereocenters. The molecule has 1 amide bonds. The second-order valence-corrected chi connectivity index (χ2v) is 8.78. The molecule has 36 heavy (non-hydrogen) atoms. The average molecular weight is 504 g/mol. The van der Waals surface area contributed by atoms with Crippen LogP contribution in [0.2, 0.25) is 0 Å². The number of aliphatic hydroxyl groups is 2. The van der Waals surface area contributed by atoms with Crippen LogP contribution in [0.4, 0.5) is 14.6 Å². The summed E-state index contributed by atoms with van der Waals surface area (Å²) in [5, 5.41) is 29.5. The van der Waals surface area contributed by atoms with Gasteiger partial charge >= 0.3 is 0 Å². The van der Waals surface area contributed by atoms with Crippen molar-refractivity contribution in [2.45, 2.75) is 50.8 Å². The molecular weight excluding hydrogens is 476 g/mol. The molecule has 1 aliphatic rings. The summed E-state index contributed by atoms with van der Waals surface area (Å²) in [7, 11) is 0. The smallest absolute Gasteiger partial charge is 0.271 e. The number of carbonyl (C=O) groups is 1. The van der Waals surface area contributed by atoms with Gasteiger partial charge in [0.15, 0.2) is 29.0 Å². The van der Waals surface area contributed by atoms with Gasteiger partial charge in [0, 0.05) is 18.3 Å². The Hall–Kier alpha value is -3.64. The zero-order valence-electron chi connectivity index (χ0n) is 19.4. The Labute approximate surface area is 205 Å². The minimum absolute atomic E-state index is 0.0446. The molecule has 1 saturated carbocycles. The van der Waals surface area contributed by atoms with E-state index in [2.05, 4.69) is 15.5 Å². The number of aliphatic hydroxyl groups excluding tert-OH is 2. The third-order valence-electron chi connectivity index (χ3n) is 6.07. The fourth-order valence-electron chi connectivity index (χ4n) is 4.28. The van der Waals surface area contributed by atoms with Crippen molar-refractivity contribution in [3.05, 3.63) is 64.7 Å². The fourth-order valence-corrected chi connectivity index (χ4v) is 4.28. The summed E-state index contributed by atoms with van der Waals surface area (Å²) in [6.45, 7) is -0.383. The summed E-state index contributed by atoms with van der Waals surface area (Å²) in [6, 6.07) is 4.86. The van der Waals surface area contributed by atoms with E-state index in [-0.39, 0.29) is 24.0 Å². The van der Waals surface area contributed by atoms with Gasteiger partial charge in [-0.1, -0.05) is 31.7 Å². The number of aromatic nitrogens is 4. The van der Waals surface area contributed by atoms with Gasteiger partial charge < -0.3 is 20.3 Å². The highest BCUT2D eigenvalue weighted by molar-refractivity contribution is 5.92. The Morgan fingerprint density at radius 2 is 1.94 bits per heavy atom. The molecule has 1 fully saturated rings. The molecule has 0 saturated heterocycles. The van der Waals surface area contributed by atoms with E-state index in [1.807, 2.05) is 0 Å². The molecule has 0 bridgehead atoms. The molecule has 3 N–H and O–H groups in total. The van der Waals surface area contributed by atoms with Crippen LogP contribution < -0.4 is 15.6 Å². The van der Waals surface area contributed by atoms with Crippen molar-refractivity contribution < 1.29 is 28.5 Å². The Morgan fingerprint density at radius 1 is 1.22 bits per heavy atom. The zero-order valence-corrected chi connectivity index (χ0v) is 19.4. The lowest BCUT2D eigenvalue weighted by Crippen LogP contribution is -2.36. The molecule has 12 heteroatoms. The first-order chi connectivity index (χ1) is 17.3. The molecular formula is C24H27F2N5O5. The lowest BCUT2D eigenvalue weighted by molar-refractivity contribution is -0.120. The van der Waals surface area contributed by atoms with Crippen molar-refractivity contribution in [1.29, 1.82) is 0 Å². The maximum atomic E-state index is 13.9. The van der Waals surface area contributed by atoms with Crippen molar-refractivity contribution in [3.63, 3.8) is 0 Å². The Kier molecular flexibility index (Phi) is 8.06. The largest absolute Gasteiger partial charge is 0.449 e. The van der Waals surface area contributed by atoms with Gasteiger partial charge in [0.05, 0.1) is 25.5 Å². The average Bonchev–Trinajstić information content (AvgIpc) is 3.52. The van der Waals surface area contributed by atoms with Crippen LogP contribution in [0.1, 0.15) is 38.1 Å². The number of hydrogen-bond donors (Lipinski definition) is 3. The summed E-state index contributed by atoms with van der Waals surface area (Å²) < 4.78 is 35.5. The van der Waals surface area contributed by atoms with Crippen molar-refractivity contribution in [2.24, 2.45) is 5.92 Å². The van der Waals surface area contributed by atoms with Gasteiger partial charge in [-0.05, 0) is 24.5 Å². The van der Waals surface area contributed by atoms with Gasteiger partial charge in [-0.25, -0.2) is 13.5 Å². The number of anilines is 1. The van der Waals surface area contributed by atoms with Crippen molar-refractivity contribution in [2.75, 3.05) is 11.9 Å². The van der Waals surface area contributed by atoms with E-state index < -0.39 is 47.6 Å². The van der Waals surface area contributed by atoms with Crippen molar-refractivity contribution >= 4 is 11.7 Å². The first kappa shape index (κ1) is 25.5. The van der Waals surface area contributed by atoms with Gasteiger partial charge in [0.25, 0.3) is 11.5 Å². The minimum atomic E-state index is -0.995. The molecule has 2 aromatic heterocycles. The topological polar surface area (TPSA) is 132 Å². The van der Waals surface area contributed by atoms with Crippen LogP contribution in [0.25, 0.3) is 0 Å². The maximum absolute atomic E-state index is 13.9. The number of nitrogens with one attached hydrogen (secondary N) is 1. The van der Waals surface area contributed by atoms with Crippen LogP contribution in [0.5, 0.6) is 11.5 Å². The quantitative estimate of drug-likeness (QED) is 0.388. The van der Waals surface area contributed by atoms with Crippen LogP contribution >= 0.6 is 0 Å². The molecule has 2 heterocycles. The number of hydrogen-bond acceptors (Lipinski definition) is 7. The summed E-state index contributed by atoms with van der Waals surface area (Å²) in [5.41, 5.74) is -0.668. The van der Waals surface area contributed by atoms with Crippen LogP contribution in [0.3, 0.4) is 0 Å². The number of rotatable bonds is 10. The van der Waals surface area contributed by atoms with Gasteiger partial charge in [-0.15, -0.1) is 0 Å². The molecule has 2 atom stereocenters. The first-order valence-corrected chi connectivity index (χ1v) is 11.7. The van der Waals surface area contributed by atoms with E-state index in [1.165, 1.54) is 16.8 Å². The summed E-state index contributed by atoms with van der Waals surface area (Å²) in [6.07, 6.45) is 6.00. The molecule has 1 aliphatic carbocycles. The van der Waals surface area contributed by atoms with Gasteiger partial charge in [-0.2, -0.15) is 10.2 Å². The molecule has 1 aromatic carbocycles. The number of halogens is 2. The number of para-hydroxylation sites is 1. The third-order valence-corrected chi connectivity index (χ3v) is 6.07. The van der Waals surface area contributed by atoms with E-state index in [1.54, 1.807) is 6.20 Å². The van der Waals surface area contributed by atoms with E-state index in [9.17, 15) is 23.5 Å². The fraction of sp³-hybridized carbons (Fsp3) is 0.417. The lowest BCUT2D eigenvalue weighted by atomic mass is 9.98. The van der Waals surface area contributed by atoms with Gasteiger partial charge in [0.1, 0.15) is 6.04 Å². The molecule has 192 valence electrons. The molecule has 4 rings (SSSR count). The number of nitrogens with zero attached hydrogens (tertiary/aromatic N) is 4. The highest BCUT2D eigenvalue weighted by Crippen LogP contribution is 2.32. The summed E-state index contributed by atoms with van der Waals surface area (Å²) in [4.78, 5) is 26.1. The van der Waals surface area contributed by atoms with Crippen LogP contribution in [-0.4, -0.2) is 48.4 Å². The summed E-state index contributed by atoms with van der Waals surface area (Å²) in [5.74, 6) is -2.73. The lowest BCUT2D eigenvalue weighted by Gasteiger charge is -2.21. The van der Waals surface area contributed by atoms with Crippen molar-refractivity contribution in [1.82, 2.24) is 19.6 Å². The van der Waals surface area contributed by atoms with Crippen LogP contribution in [0, 0.1) is 17.6 Å². The standard InChI is InChI=1S/C24H27F2N5O5/c25-18-6-3-7-19(26)23(18)36-17-11-22(34)31(27-12-17)20(10-15-4-1-2-5-15)24(35)28-21-8-9-30(29-21)13-16(33)14-32/h3,6-9,11-12,15-16,20,32-33H,1-2,4-5,10,13-14H2,(H,28,29,35)/t16-,20-/m1/s1. The second kappa shape index (κ2) is 11.4. The number of benzene rings is 1. The highest BCUT2D eigenvalue weighted by atomic mass is 19.1. The van der Waals surface area contributed by atoms with Crippen LogP contribution in [0.15, 0.2) is 47.5 Å². The minimum Gasteiger partial charge on any atom is -0.449 e. The van der Waals surface area contributed by atoms with Gasteiger partial charge in [-0.3, -0.25) is 14.3 Å². The van der Waals surface area contributed by atoms with E-state index in [4.69, 9.17) is 9.84 Å². The Morgan fingerprint density at radius 3 is 2.61 bits per heavy atom. The molecule has 3 aromatic rings. The second-order valence-electron chi connectivity index (χ2n) is 8.78. The van der Waals surface area contributed by atoms with Crippen LogP contribution in [-0.2, 0) is 11.3 Å². The normalized spacial score (nSPS) is 15.6. The molecule has 0 aliphatic heterocycles. The van der Waals surface area contributed by atoms with Crippen molar-refractivity contribution in [3.8, 4) is 11.5 Å². The monoisotopic (exact) mass is 503 g/mol. The van der Waals surface area contributed by atoms with Gasteiger partial charge in [0.2, 0.25) is 0 Å².